The molecule has 84 valence electrons. The second-order valence-corrected chi connectivity index (χ2v) is 6.19. The molecular weight excluding hydrogens is 204 g/mol. The molecule has 0 atom stereocenters. The SMILES string of the molecule is Cc1nc(CC(C)C)sc1C1(CN)CC1. The van der Waals surface area contributed by atoms with Crippen LogP contribution in [0.4, 0.5) is 0 Å². The molecule has 0 amide bonds. The van der Waals surface area contributed by atoms with Gasteiger partial charge in [-0.1, -0.05) is 13.8 Å². The summed E-state index contributed by atoms with van der Waals surface area (Å²) in [4.78, 5) is 6.13. The number of aryl methyl sites for hydroxylation is 1. The van der Waals surface area contributed by atoms with Gasteiger partial charge in [-0.05, 0) is 25.7 Å². The first-order chi connectivity index (χ1) is 7.07. The molecule has 1 saturated carbocycles. The van der Waals surface area contributed by atoms with Crippen molar-refractivity contribution < 1.29 is 0 Å². The van der Waals surface area contributed by atoms with E-state index >= 15 is 0 Å². The van der Waals surface area contributed by atoms with Gasteiger partial charge in [0.15, 0.2) is 0 Å². The van der Waals surface area contributed by atoms with E-state index in [1.165, 1.54) is 28.4 Å². The lowest BCUT2D eigenvalue weighted by atomic mass is 10.0. The van der Waals surface area contributed by atoms with Crippen molar-refractivity contribution in [1.29, 1.82) is 0 Å². The van der Waals surface area contributed by atoms with Crippen LogP contribution >= 0.6 is 11.3 Å². The minimum Gasteiger partial charge on any atom is -0.330 e. The van der Waals surface area contributed by atoms with E-state index in [0.717, 1.165) is 13.0 Å². The molecule has 1 aliphatic rings. The van der Waals surface area contributed by atoms with Gasteiger partial charge in [0.2, 0.25) is 0 Å². The van der Waals surface area contributed by atoms with Gasteiger partial charge in [0.25, 0.3) is 0 Å². The number of aromatic nitrogens is 1. The second-order valence-electron chi connectivity index (χ2n) is 5.10. The van der Waals surface area contributed by atoms with E-state index in [4.69, 9.17) is 5.73 Å². The molecule has 1 fully saturated rings. The Morgan fingerprint density at radius 3 is 2.60 bits per heavy atom. The molecule has 2 N–H and O–H groups in total. The lowest BCUT2D eigenvalue weighted by Gasteiger charge is -2.09. The average Bonchev–Trinajstić information content (AvgIpc) is 2.86. The molecular formula is C12H20N2S. The molecule has 0 spiro atoms. The molecule has 0 radical (unpaired) electrons. The number of nitrogens with two attached hydrogens (primary N) is 1. The van der Waals surface area contributed by atoms with Crippen molar-refractivity contribution in [2.75, 3.05) is 6.54 Å². The first-order valence-corrected chi connectivity index (χ1v) is 6.56. The lowest BCUT2D eigenvalue weighted by Crippen LogP contribution is -2.19. The monoisotopic (exact) mass is 224 g/mol. The first-order valence-electron chi connectivity index (χ1n) is 5.74. The van der Waals surface area contributed by atoms with Crippen LogP contribution in [0, 0.1) is 12.8 Å². The van der Waals surface area contributed by atoms with Crippen molar-refractivity contribution in [3.05, 3.63) is 15.6 Å². The molecule has 3 heteroatoms. The highest BCUT2D eigenvalue weighted by Gasteiger charge is 2.45. The van der Waals surface area contributed by atoms with Crippen LogP contribution in [0.1, 0.15) is 42.3 Å². The van der Waals surface area contributed by atoms with Crippen LogP contribution in [0.25, 0.3) is 0 Å². The molecule has 1 aliphatic carbocycles. The summed E-state index contributed by atoms with van der Waals surface area (Å²) in [5, 5.41) is 1.29. The Morgan fingerprint density at radius 2 is 2.13 bits per heavy atom. The summed E-state index contributed by atoms with van der Waals surface area (Å²) in [7, 11) is 0. The van der Waals surface area contributed by atoms with E-state index in [-0.39, 0.29) is 0 Å². The van der Waals surface area contributed by atoms with Crippen molar-refractivity contribution in [3.8, 4) is 0 Å². The van der Waals surface area contributed by atoms with Gasteiger partial charge in [-0.3, -0.25) is 0 Å². The van der Waals surface area contributed by atoms with E-state index in [0.29, 0.717) is 11.3 Å². The summed E-state index contributed by atoms with van der Waals surface area (Å²) in [6, 6.07) is 0. The molecule has 1 aromatic rings. The Bertz CT molecular complexity index is 351. The van der Waals surface area contributed by atoms with Crippen molar-refractivity contribution in [3.63, 3.8) is 0 Å². The number of nitrogens with zero attached hydrogens (tertiary/aromatic N) is 1. The Balaban J connectivity index is 2.22. The van der Waals surface area contributed by atoms with Crippen LogP contribution in [0.2, 0.25) is 0 Å². The smallest absolute Gasteiger partial charge is 0.0933 e. The number of rotatable bonds is 4. The number of thiazole rings is 1. The Labute approximate surface area is 95.9 Å². The Hall–Kier alpha value is -0.410. The fourth-order valence-electron chi connectivity index (χ4n) is 2.06. The maximum absolute atomic E-state index is 5.86. The van der Waals surface area contributed by atoms with Crippen LogP contribution in [0.15, 0.2) is 0 Å². The Kier molecular flexibility index (Phi) is 2.86. The fraction of sp³-hybridized carbons (Fsp3) is 0.750. The van der Waals surface area contributed by atoms with Gasteiger partial charge in [-0.2, -0.15) is 0 Å². The standard InChI is InChI=1S/C12H20N2S/c1-8(2)6-10-14-9(3)11(15-10)12(7-13)4-5-12/h8H,4-7,13H2,1-3H3. The summed E-state index contributed by atoms with van der Waals surface area (Å²) in [6.07, 6.45) is 3.62. The summed E-state index contributed by atoms with van der Waals surface area (Å²) < 4.78 is 0. The summed E-state index contributed by atoms with van der Waals surface area (Å²) in [5.41, 5.74) is 7.40. The minimum atomic E-state index is 0.316. The van der Waals surface area contributed by atoms with Crippen molar-refractivity contribution >= 4 is 11.3 Å². The molecule has 0 saturated heterocycles. The molecule has 1 aromatic heterocycles. The quantitative estimate of drug-likeness (QED) is 0.854. The normalized spacial score (nSPS) is 18.5. The van der Waals surface area contributed by atoms with Crippen LogP contribution in [0.3, 0.4) is 0 Å². The van der Waals surface area contributed by atoms with Crippen molar-refractivity contribution in [2.24, 2.45) is 11.7 Å². The highest BCUT2D eigenvalue weighted by atomic mass is 32.1. The first kappa shape index (κ1) is 11.1. The molecule has 0 bridgehead atoms. The van der Waals surface area contributed by atoms with E-state index < -0.39 is 0 Å². The van der Waals surface area contributed by atoms with Gasteiger partial charge in [0, 0.05) is 23.3 Å². The zero-order valence-electron chi connectivity index (χ0n) is 9.84. The molecule has 2 rings (SSSR count). The molecule has 2 nitrogen and oxygen atoms in total. The highest BCUT2D eigenvalue weighted by molar-refractivity contribution is 7.12. The minimum absolute atomic E-state index is 0.316. The fourth-order valence-corrected chi connectivity index (χ4v) is 3.59. The molecule has 15 heavy (non-hydrogen) atoms. The van der Waals surface area contributed by atoms with Crippen molar-refractivity contribution in [1.82, 2.24) is 4.98 Å². The van der Waals surface area contributed by atoms with E-state index in [2.05, 4.69) is 25.8 Å². The topological polar surface area (TPSA) is 38.9 Å². The number of hydrogen-bond acceptors (Lipinski definition) is 3. The Morgan fingerprint density at radius 1 is 1.47 bits per heavy atom. The molecule has 0 unspecified atom stereocenters. The van der Waals surface area contributed by atoms with Gasteiger partial charge in [-0.15, -0.1) is 11.3 Å². The third kappa shape index (κ3) is 2.08. The van der Waals surface area contributed by atoms with Crippen LogP contribution in [-0.4, -0.2) is 11.5 Å². The average molecular weight is 224 g/mol. The molecule has 1 heterocycles. The second kappa shape index (κ2) is 3.87. The maximum atomic E-state index is 5.86. The third-order valence-corrected chi connectivity index (χ3v) is 4.58. The van der Waals surface area contributed by atoms with Gasteiger partial charge >= 0.3 is 0 Å². The largest absolute Gasteiger partial charge is 0.330 e. The van der Waals surface area contributed by atoms with Crippen LogP contribution in [-0.2, 0) is 11.8 Å². The van der Waals surface area contributed by atoms with Gasteiger partial charge < -0.3 is 5.73 Å². The molecule has 0 aromatic carbocycles. The van der Waals surface area contributed by atoms with E-state index in [1.807, 2.05) is 11.3 Å². The summed E-state index contributed by atoms with van der Waals surface area (Å²) >= 11 is 1.89. The van der Waals surface area contributed by atoms with Crippen LogP contribution < -0.4 is 5.73 Å². The highest BCUT2D eigenvalue weighted by Crippen LogP contribution is 2.50. The predicted molar refractivity (Wildman–Crippen MR) is 65.4 cm³/mol. The predicted octanol–water partition coefficient (Wildman–Crippen LogP) is 2.64. The lowest BCUT2D eigenvalue weighted by molar-refractivity contribution is 0.643. The maximum Gasteiger partial charge on any atom is 0.0933 e. The van der Waals surface area contributed by atoms with Gasteiger partial charge in [0.05, 0.1) is 10.7 Å². The van der Waals surface area contributed by atoms with E-state index in [1.54, 1.807) is 0 Å². The molecule has 0 aliphatic heterocycles. The van der Waals surface area contributed by atoms with Crippen molar-refractivity contribution in [2.45, 2.75) is 45.4 Å². The zero-order valence-corrected chi connectivity index (χ0v) is 10.7. The van der Waals surface area contributed by atoms with Gasteiger partial charge in [0.1, 0.15) is 0 Å². The van der Waals surface area contributed by atoms with E-state index in [9.17, 15) is 0 Å². The number of hydrogen-bond donors (Lipinski definition) is 1. The summed E-state index contributed by atoms with van der Waals surface area (Å²) in [5.74, 6) is 0.691. The summed E-state index contributed by atoms with van der Waals surface area (Å²) in [6.45, 7) is 7.40. The third-order valence-electron chi connectivity index (χ3n) is 3.15. The van der Waals surface area contributed by atoms with Gasteiger partial charge in [-0.25, -0.2) is 4.98 Å². The van der Waals surface area contributed by atoms with Crippen LogP contribution in [0.5, 0.6) is 0 Å². The zero-order chi connectivity index (χ0) is 11.1.